The summed E-state index contributed by atoms with van der Waals surface area (Å²) >= 11 is 1.66. The predicted molar refractivity (Wildman–Crippen MR) is 118 cm³/mol. The van der Waals surface area contributed by atoms with Gasteiger partial charge in [0, 0.05) is 24.4 Å². The molecule has 0 saturated carbocycles. The second-order valence-electron chi connectivity index (χ2n) is 8.54. The highest BCUT2D eigenvalue weighted by molar-refractivity contribution is 7.91. The summed E-state index contributed by atoms with van der Waals surface area (Å²) in [6, 6.07) is 12.2. The van der Waals surface area contributed by atoms with Gasteiger partial charge in [-0.15, -0.1) is 11.3 Å². The number of thiophene rings is 1. The van der Waals surface area contributed by atoms with Crippen molar-refractivity contribution in [3.63, 3.8) is 0 Å². The van der Waals surface area contributed by atoms with Crippen LogP contribution in [-0.4, -0.2) is 49.7 Å². The summed E-state index contributed by atoms with van der Waals surface area (Å²) in [5, 5.41) is 2.03. The van der Waals surface area contributed by atoms with E-state index >= 15 is 0 Å². The van der Waals surface area contributed by atoms with Crippen LogP contribution in [0.1, 0.15) is 24.8 Å². The summed E-state index contributed by atoms with van der Waals surface area (Å²) in [7, 11) is -3.01. The lowest BCUT2D eigenvalue weighted by Gasteiger charge is -2.26. The summed E-state index contributed by atoms with van der Waals surface area (Å²) in [4.78, 5) is 28.1. The van der Waals surface area contributed by atoms with Crippen molar-refractivity contribution < 1.29 is 18.0 Å². The molecule has 30 heavy (non-hydrogen) atoms. The van der Waals surface area contributed by atoms with Gasteiger partial charge in [0.1, 0.15) is 0 Å². The Hall–Kier alpha value is -2.19. The third-order valence-electron chi connectivity index (χ3n) is 6.29. The standard InChI is InChI=1S/C22H26N2O4S2/c23-21(26)22(13-16-3-1-4-18(11-16)19-5-2-9-29-19)7-8-24(15-22)20(25)12-17-6-10-30(27,28)14-17/h1-5,9,11,17H,6-8,10,12-15H2,(H2,23,26)/t17-,22+/m0/s1. The van der Waals surface area contributed by atoms with Gasteiger partial charge in [-0.05, 0) is 47.8 Å². The van der Waals surface area contributed by atoms with Gasteiger partial charge in [0.25, 0.3) is 0 Å². The van der Waals surface area contributed by atoms with Gasteiger partial charge in [0.05, 0.1) is 16.9 Å². The number of nitrogens with two attached hydrogens (primary N) is 1. The second-order valence-corrected chi connectivity index (χ2v) is 11.7. The first kappa shape index (κ1) is 21.1. The molecule has 6 nitrogen and oxygen atoms in total. The van der Waals surface area contributed by atoms with Gasteiger partial charge in [0.15, 0.2) is 9.84 Å². The molecule has 0 radical (unpaired) electrons. The SMILES string of the molecule is NC(=O)[C@@]1(Cc2cccc(-c3cccs3)c2)CCN(C(=O)C[C@@H]2CCS(=O)(=O)C2)C1. The lowest BCUT2D eigenvalue weighted by Crippen LogP contribution is -2.42. The van der Waals surface area contributed by atoms with Crippen LogP contribution in [0.25, 0.3) is 10.4 Å². The number of primary amides is 1. The fourth-order valence-corrected chi connectivity index (χ4v) is 7.18. The summed E-state index contributed by atoms with van der Waals surface area (Å²) in [5.74, 6) is -0.330. The molecular weight excluding hydrogens is 420 g/mol. The zero-order valence-electron chi connectivity index (χ0n) is 16.7. The van der Waals surface area contributed by atoms with Gasteiger partial charge in [-0.2, -0.15) is 0 Å². The number of nitrogens with zero attached hydrogens (tertiary/aromatic N) is 1. The minimum absolute atomic E-state index is 0.0763. The van der Waals surface area contributed by atoms with E-state index in [0.29, 0.717) is 32.4 Å². The van der Waals surface area contributed by atoms with Crippen molar-refractivity contribution in [2.75, 3.05) is 24.6 Å². The zero-order valence-corrected chi connectivity index (χ0v) is 18.4. The van der Waals surface area contributed by atoms with Crippen molar-refractivity contribution in [1.29, 1.82) is 0 Å². The highest BCUT2D eigenvalue weighted by atomic mass is 32.2. The lowest BCUT2D eigenvalue weighted by molar-refractivity contribution is -0.132. The topological polar surface area (TPSA) is 97.5 Å². The van der Waals surface area contributed by atoms with Crippen LogP contribution >= 0.6 is 11.3 Å². The van der Waals surface area contributed by atoms with E-state index in [9.17, 15) is 18.0 Å². The molecule has 2 aromatic rings. The van der Waals surface area contributed by atoms with E-state index < -0.39 is 15.3 Å². The number of hydrogen-bond donors (Lipinski definition) is 1. The number of amides is 2. The van der Waals surface area contributed by atoms with E-state index in [2.05, 4.69) is 12.1 Å². The van der Waals surface area contributed by atoms with E-state index in [1.165, 1.54) is 4.88 Å². The molecule has 2 amide bonds. The van der Waals surface area contributed by atoms with Crippen LogP contribution in [0.5, 0.6) is 0 Å². The van der Waals surface area contributed by atoms with Crippen molar-refractivity contribution in [1.82, 2.24) is 4.90 Å². The summed E-state index contributed by atoms with van der Waals surface area (Å²) < 4.78 is 23.3. The summed E-state index contributed by atoms with van der Waals surface area (Å²) in [6.07, 6.45) is 1.78. The number of sulfone groups is 1. The first-order valence-electron chi connectivity index (χ1n) is 10.2. The molecule has 4 rings (SSSR count). The van der Waals surface area contributed by atoms with E-state index in [1.54, 1.807) is 16.2 Å². The Bertz CT molecular complexity index is 1050. The van der Waals surface area contributed by atoms with Crippen LogP contribution in [0.15, 0.2) is 41.8 Å². The van der Waals surface area contributed by atoms with Crippen molar-refractivity contribution in [2.24, 2.45) is 17.1 Å². The molecule has 2 aliphatic heterocycles. The molecule has 1 aromatic heterocycles. The smallest absolute Gasteiger partial charge is 0.225 e. The summed E-state index contributed by atoms with van der Waals surface area (Å²) in [5.41, 5.74) is 7.17. The van der Waals surface area contributed by atoms with Gasteiger partial charge in [-0.25, -0.2) is 8.42 Å². The van der Waals surface area contributed by atoms with Crippen molar-refractivity contribution >= 4 is 33.0 Å². The molecule has 2 N–H and O–H groups in total. The predicted octanol–water partition coefficient (Wildman–Crippen LogP) is 2.49. The van der Waals surface area contributed by atoms with Crippen molar-refractivity contribution in [2.45, 2.75) is 25.7 Å². The van der Waals surface area contributed by atoms with Gasteiger partial charge in [0.2, 0.25) is 11.8 Å². The minimum atomic E-state index is -3.01. The molecule has 0 aliphatic carbocycles. The quantitative estimate of drug-likeness (QED) is 0.737. The van der Waals surface area contributed by atoms with Gasteiger partial charge < -0.3 is 10.6 Å². The maximum Gasteiger partial charge on any atom is 0.225 e. The Kier molecular flexibility index (Phi) is 5.72. The monoisotopic (exact) mass is 446 g/mol. The van der Waals surface area contributed by atoms with Gasteiger partial charge in [-0.1, -0.05) is 30.3 Å². The van der Waals surface area contributed by atoms with E-state index in [0.717, 1.165) is 11.1 Å². The van der Waals surface area contributed by atoms with Crippen LogP contribution in [0.2, 0.25) is 0 Å². The molecule has 3 heterocycles. The van der Waals surface area contributed by atoms with Crippen LogP contribution in [0.3, 0.4) is 0 Å². The van der Waals surface area contributed by atoms with Crippen LogP contribution in [-0.2, 0) is 25.8 Å². The molecular formula is C22H26N2O4S2. The Morgan fingerprint density at radius 2 is 2.07 bits per heavy atom. The first-order valence-corrected chi connectivity index (χ1v) is 12.9. The van der Waals surface area contributed by atoms with Crippen LogP contribution in [0.4, 0.5) is 0 Å². The maximum absolute atomic E-state index is 12.8. The Balaban J connectivity index is 1.46. The van der Waals surface area contributed by atoms with Crippen molar-refractivity contribution in [3.05, 3.63) is 47.3 Å². The average molecular weight is 447 g/mol. The largest absolute Gasteiger partial charge is 0.369 e. The van der Waals surface area contributed by atoms with Crippen molar-refractivity contribution in [3.8, 4) is 10.4 Å². The summed E-state index contributed by atoms with van der Waals surface area (Å²) in [6.45, 7) is 0.774. The normalized spacial score (nSPS) is 25.5. The molecule has 0 unspecified atom stereocenters. The Morgan fingerprint density at radius 3 is 2.73 bits per heavy atom. The molecule has 0 spiro atoms. The third kappa shape index (κ3) is 4.44. The molecule has 2 aliphatic rings. The molecule has 1 aromatic carbocycles. The second kappa shape index (κ2) is 8.15. The highest BCUT2D eigenvalue weighted by Gasteiger charge is 2.45. The third-order valence-corrected chi connectivity index (χ3v) is 9.05. The molecule has 8 heteroatoms. The molecule has 160 valence electrons. The van der Waals surface area contributed by atoms with Crippen LogP contribution < -0.4 is 5.73 Å². The first-order chi connectivity index (χ1) is 14.3. The zero-order chi connectivity index (χ0) is 21.4. The number of rotatable bonds is 6. The molecule has 2 fully saturated rings. The number of benzene rings is 1. The highest BCUT2D eigenvalue weighted by Crippen LogP contribution is 2.36. The lowest BCUT2D eigenvalue weighted by atomic mass is 9.80. The molecule has 0 bridgehead atoms. The minimum Gasteiger partial charge on any atom is -0.369 e. The Labute approximate surface area is 181 Å². The number of hydrogen-bond acceptors (Lipinski definition) is 5. The van der Waals surface area contributed by atoms with E-state index in [-0.39, 0.29) is 35.7 Å². The number of carbonyl (C=O) groups is 2. The fourth-order valence-electron chi connectivity index (χ4n) is 4.59. The Morgan fingerprint density at radius 1 is 1.23 bits per heavy atom. The van der Waals surface area contributed by atoms with E-state index in [4.69, 9.17) is 5.73 Å². The number of carbonyl (C=O) groups excluding carboxylic acids is 2. The fraction of sp³-hybridized carbons (Fsp3) is 0.455. The molecule has 2 atom stereocenters. The van der Waals surface area contributed by atoms with Gasteiger partial charge >= 0.3 is 0 Å². The maximum atomic E-state index is 12.8. The average Bonchev–Trinajstić information content (AvgIpc) is 3.43. The number of likely N-dealkylation sites (tertiary alicyclic amines) is 1. The van der Waals surface area contributed by atoms with Crippen LogP contribution in [0, 0.1) is 11.3 Å². The van der Waals surface area contributed by atoms with E-state index in [1.807, 2.05) is 29.6 Å². The molecule has 2 saturated heterocycles. The van der Waals surface area contributed by atoms with Gasteiger partial charge in [-0.3, -0.25) is 9.59 Å².